The third kappa shape index (κ3) is 3.35. The van der Waals surface area contributed by atoms with Crippen LogP contribution in [0.15, 0.2) is 30.5 Å². The van der Waals surface area contributed by atoms with Crippen LogP contribution in [0.1, 0.15) is 12.8 Å². The first kappa shape index (κ1) is 16.0. The number of aromatic nitrogens is 3. The van der Waals surface area contributed by atoms with Gasteiger partial charge in [0.15, 0.2) is 11.6 Å². The van der Waals surface area contributed by atoms with Gasteiger partial charge in [0.2, 0.25) is 5.95 Å². The molecule has 1 spiro atoms. The van der Waals surface area contributed by atoms with Crippen molar-refractivity contribution < 1.29 is 14.2 Å². The van der Waals surface area contributed by atoms with Crippen LogP contribution < -0.4 is 15.0 Å². The summed E-state index contributed by atoms with van der Waals surface area (Å²) in [6, 6.07) is 7.68. The first-order valence-corrected chi connectivity index (χ1v) is 8.41. The number of methoxy groups -OCH3 is 1. The summed E-state index contributed by atoms with van der Waals surface area (Å²) in [7, 11) is 1.64. The fraction of sp³-hybridized carbons (Fsp3) is 0.471. The van der Waals surface area contributed by atoms with Gasteiger partial charge in [0.1, 0.15) is 5.75 Å². The Bertz CT molecular complexity index is 726. The Hall–Kier alpha value is -2.45. The molecule has 0 atom stereocenters. The molecule has 8 nitrogen and oxygen atoms in total. The molecule has 132 valence electrons. The Kier molecular flexibility index (Phi) is 4.37. The maximum atomic E-state index is 5.76. The third-order valence-corrected chi connectivity index (χ3v) is 4.54. The molecule has 3 heterocycles. The van der Waals surface area contributed by atoms with Gasteiger partial charge in [0, 0.05) is 25.9 Å². The molecule has 0 radical (unpaired) electrons. The van der Waals surface area contributed by atoms with Gasteiger partial charge in [-0.3, -0.25) is 0 Å². The van der Waals surface area contributed by atoms with E-state index in [0.29, 0.717) is 25.0 Å². The van der Waals surface area contributed by atoms with E-state index in [1.54, 1.807) is 13.3 Å². The van der Waals surface area contributed by atoms with E-state index < -0.39 is 5.79 Å². The highest BCUT2D eigenvalue weighted by Crippen LogP contribution is 2.32. The van der Waals surface area contributed by atoms with Crippen molar-refractivity contribution >= 4 is 17.5 Å². The smallest absolute Gasteiger partial charge is 0.247 e. The van der Waals surface area contributed by atoms with Crippen molar-refractivity contribution in [3.8, 4) is 5.75 Å². The van der Waals surface area contributed by atoms with Crippen LogP contribution in [0.3, 0.4) is 0 Å². The van der Waals surface area contributed by atoms with Gasteiger partial charge in [-0.25, -0.2) is 0 Å². The van der Waals surface area contributed by atoms with Crippen LogP contribution in [0.4, 0.5) is 17.5 Å². The number of benzene rings is 1. The Morgan fingerprint density at radius 3 is 2.68 bits per heavy atom. The van der Waals surface area contributed by atoms with Crippen LogP contribution in [-0.2, 0) is 9.47 Å². The van der Waals surface area contributed by atoms with Crippen LogP contribution in [0, 0.1) is 0 Å². The van der Waals surface area contributed by atoms with Crippen LogP contribution in [0.2, 0.25) is 0 Å². The molecule has 4 rings (SSSR count). The lowest BCUT2D eigenvalue weighted by Crippen LogP contribution is -2.45. The Morgan fingerprint density at radius 1 is 1.16 bits per heavy atom. The molecule has 2 aliphatic rings. The number of para-hydroxylation sites is 2. The number of rotatable bonds is 4. The van der Waals surface area contributed by atoms with E-state index in [4.69, 9.17) is 14.2 Å². The molecule has 0 aliphatic carbocycles. The zero-order valence-electron chi connectivity index (χ0n) is 14.1. The molecule has 1 aromatic carbocycles. The number of nitrogens with zero attached hydrogens (tertiary/aromatic N) is 4. The lowest BCUT2D eigenvalue weighted by atomic mass is 10.0. The lowest BCUT2D eigenvalue weighted by Gasteiger charge is -2.37. The molecule has 1 N–H and O–H groups in total. The molecule has 25 heavy (non-hydrogen) atoms. The van der Waals surface area contributed by atoms with Crippen molar-refractivity contribution in [2.75, 3.05) is 43.6 Å². The Balaban J connectivity index is 1.46. The second-order valence-electron chi connectivity index (χ2n) is 6.06. The number of piperidine rings is 1. The van der Waals surface area contributed by atoms with Crippen molar-refractivity contribution in [1.82, 2.24) is 15.2 Å². The fourth-order valence-corrected chi connectivity index (χ4v) is 3.21. The number of anilines is 3. The van der Waals surface area contributed by atoms with E-state index in [0.717, 1.165) is 37.4 Å². The van der Waals surface area contributed by atoms with Crippen LogP contribution >= 0.6 is 0 Å². The molecular formula is C17H21N5O3. The first-order valence-electron chi connectivity index (χ1n) is 8.41. The van der Waals surface area contributed by atoms with Gasteiger partial charge in [-0.15, -0.1) is 5.10 Å². The predicted molar refractivity (Wildman–Crippen MR) is 92.2 cm³/mol. The van der Waals surface area contributed by atoms with E-state index in [1.807, 2.05) is 24.3 Å². The SMILES string of the molecule is COc1ccccc1Nc1cnnc(N2CCC3(CC2)OCCO3)n1. The quantitative estimate of drug-likeness (QED) is 0.902. The maximum Gasteiger partial charge on any atom is 0.247 e. The number of hydrogen-bond donors (Lipinski definition) is 1. The lowest BCUT2D eigenvalue weighted by molar-refractivity contribution is -0.169. The van der Waals surface area contributed by atoms with Gasteiger partial charge >= 0.3 is 0 Å². The molecule has 0 unspecified atom stereocenters. The second-order valence-corrected chi connectivity index (χ2v) is 6.06. The molecule has 2 saturated heterocycles. The van der Waals surface area contributed by atoms with E-state index in [1.165, 1.54) is 0 Å². The van der Waals surface area contributed by atoms with Gasteiger partial charge in [-0.2, -0.15) is 10.1 Å². The topological polar surface area (TPSA) is 81.6 Å². The van der Waals surface area contributed by atoms with Gasteiger partial charge in [-0.05, 0) is 12.1 Å². The van der Waals surface area contributed by atoms with E-state index in [2.05, 4.69) is 25.4 Å². The zero-order valence-corrected chi connectivity index (χ0v) is 14.1. The van der Waals surface area contributed by atoms with Gasteiger partial charge < -0.3 is 24.4 Å². The van der Waals surface area contributed by atoms with Gasteiger partial charge in [0.25, 0.3) is 0 Å². The summed E-state index contributed by atoms with van der Waals surface area (Å²) in [4.78, 5) is 6.69. The number of hydrogen-bond acceptors (Lipinski definition) is 8. The highest BCUT2D eigenvalue weighted by atomic mass is 16.7. The third-order valence-electron chi connectivity index (χ3n) is 4.54. The van der Waals surface area contributed by atoms with Crippen LogP contribution in [0.5, 0.6) is 5.75 Å². The summed E-state index contributed by atoms with van der Waals surface area (Å²) in [5.74, 6) is 1.57. The summed E-state index contributed by atoms with van der Waals surface area (Å²) in [5, 5.41) is 11.5. The summed E-state index contributed by atoms with van der Waals surface area (Å²) >= 11 is 0. The molecule has 0 amide bonds. The first-order chi connectivity index (χ1) is 12.3. The van der Waals surface area contributed by atoms with E-state index >= 15 is 0 Å². The zero-order chi connectivity index (χ0) is 17.1. The van der Waals surface area contributed by atoms with E-state index in [9.17, 15) is 0 Å². The monoisotopic (exact) mass is 343 g/mol. The molecule has 2 aliphatic heterocycles. The predicted octanol–water partition coefficient (Wildman–Crippen LogP) is 1.97. The van der Waals surface area contributed by atoms with Crippen LogP contribution in [0.25, 0.3) is 0 Å². The van der Waals surface area contributed by atoms with Crippen molar-refractivity contribution in [1.29, 1.82) is 0 Å². The summed E-state index contributed by atoms with van der Waals surface area (Å²) < 4.78 is 16.9. The van der Waals surface area contributed by atoms with Crippen molar-refractivity contribution in [2.45, 2.75) is 18.6 Å². The molecule has 0 saturated carbocycles. The molecule has 2 aromatic rings. The Labute approximate surface area is 146 Å². The maximum absolute atomic E-state index is 5.76. The van der Waals surface area contributed by atoms with E-state index in [-0.39, 0.29) is 0 Å². The second kappa shape index (κ2) is 6.81. The van der Waals surface area contributed by atoms with Crippen molar-refractivity contribution in [3.05, 3.63) is 30.5 Å². The van der Waals surface area contributed by atoms with Gasteiger partial charge in [0.05, 0.1) is 32.2 Å². The van der Waals surface area contributed by atoms with Gasteiger partial charge in [-0.1, -0.05) is 12.1 Å². The summed E-state index contributed by atoms with van der Waals surface area (Å²) in [6.07, 6.45) is 3.21. The number of nitrogens with one attached hydrogen (secondary N) is 1. The molecular weight excluding hydrogens is 322 g/mol. The molecule has 2 fully saturated rings. The molecule has 8 heteroatoms. The normalized spacial score (nSPS) is 19.2. The summed E-state index contributed by atoms with van der Waals surface area (Å²) in [5.41, 5.74) is 0.835. The molecule has 0 bridgehead atoms. The largest absolute Gasteiger partial charge is 0.495 e. The van der Waals surface area contributed by atoms with Crippen molar-refractivity contribution in [2.24, 2.45) is 0 Å². The highest BCUT2D eigenvalue weighted by molar-refractivity contribution is 5.64. The van der Waals surface area contributed by atoms with Crippen LogP contribution in [-0.4, -0.2) is 54.4 Å². The highest BCUT2D eigenvalue weighted by Gasteiger charge is 2.40. The van der Waals surface area contributed by atoms with Crippen molar-refractivity contribution in [3.63, 3.8) is 0 Å². The summed E-state index contributed by atoms with van der Waals surface area (Å²) in [6.45, 7) is 2.91. The minimum Gasteiger partial charge on any atom is -0.495 e. The molecule has 1 aromatic heterocycles. The average molecular weight is 343 g/mol. The Morgan fingerprint density at radius 2 is 1.92 bits per heavy atom. The standard InChI is InChI=1S/C17H21N5O3/c1-23-14-5-3-2-4-13(14)19-15-12-18-21-16(20-15)22-8-6-17(7-9-22)24-10-11-25-17/h2-5,12H,6-11H2,1H3,(H,19,20,21). The number of ether oxygens (including phenoxy) is 3. The minimum absolute atomic E-state index is 0.406. The minimum atomic E-state index is -0.406. The fourth-order valence-electron chi connectivity index (χ4n) is 3.21. The average Bonchev–Trinajstić information content (AvgIpc) is 3.11.